The van der Waals surface area contributed by atoms with Gasteiger partial charge in [0.25, 0.3) is 0 Å². The molecule has 3 rings (SSSR count). The third-order valence-electron chi connectivity index (χ3n) is 4.04. The second-order valence-electron chi connectivity index (χ2n) is 5.67. The minimum atomic E-state index is -1.36. The van der Waals surface area contributed by atoms with Gasteiger partial charge >= 0.3 is 5.97 Å². The van der Waals surface area contributed by atoms with Crippen LogP contribution in [0.4, 0.5) is 14.6 Å². The summed E-state index contributed by atoms with van der Waals surface area (Å²) in [5, 5.41) is 25.8. The minimum absolute atomic E-state index is 0.106. The molecule has 10 heteroatoms. The first-order valence-electron chi connectivity index (χ1n) is 7.92. The predicted octanol–water partition coefficient (Wildman–Crippen LogP) is 1.36. The van der Waals surface area contributed by atoms with E-state index in [1.54, 1.807) is 0 Å². The maximum atomic E-state index is 14.5. The lowest BCUT2D eigenvalue weighted by atomic mass is 9.94. The van der Waals surface area contributed by atoms with Crippen LogP contribution in [0, 0.1) is 23.0 Å². The van der Waals surface area contributed by atoms with Crippen LogP contribution in [0.3, 0.4) is 0 Å². The zero-order valence-electron chi connectivity index (χ0n) is 13.9. The SMILES string of the molecule is N#Cc1cnn2c1NC(COCCN)=C(C(=O)O)C2c1cccc(F)c1F. The summed E-state index contributed by atoms with van der Waals surface area (Å²) in [7, 11) is 0. The van der Waals surface area contributed by atoms with E-state index in [-0.39, 0.29) is 48.0 Å². The molecule has 1 aliphatic rings. The molecular formula is C17H15F2N5O3. The number of carbonyl (C=O) groups is 1. The Balaban J connectivity index is 2.22. The molecule has 1 atom stereocenters. The van der Waals surface area contributed by atoms with Crippen LogP contribution in [0.2, 0.25) is 0 Å². The van der Waals surface area contributed by atoms with E-state index < -0.39 is 23.6 Å². The number of anilines is 1. The monoisotopic (exact) mass is 375 g/mol. The number of carboxylic acids is 1. The summed E-state index contributed by atoms with van der Waals surface area (Å²) in [6.45, 7) is 0.225. The molecule has 0 fully saturated rings. The van der Waals surface area contributed by atoms with E-state index in [1.807, 2.05) is 6.07 Å². The highest BCUT2D eigenvalue weighted by molar-refractivity contribution is 5.91. The lowest BCUT2D eigenvalue weighted by Crippen LogP contribution is -2.32. The molecule has 1 aliphatic heterocycles. The van der Waals surface area contributed by atoms with Gasteiger partial charge in [-0.25, -0.2) is 18.3 Å². The van der Waals surface area contributed by atoms with Gasteiger partial charge in [0, 0.05) is 12.1 Å². The number of halogens is 2. The number of nitriles is 1. The van der Waals surface area contributed by atoms with Gasteiger partial charge in [-0.05, 0) is 6.07 Å². The van der Waals surface area contributed by atoms with Crippen molar-refractivity contribution in [1.29, 1.82) is 5.26 Å². The number of hydrogen-bond acceptors (Lipinski definition) is 6. The smallest absolute Gasteiger partial charge is 0.335 e. The maximum Gasteiger partial charge on any atom is 0.335 e. The van der Waals surface area contributed by atoms with Crippen LogP contribution in [-0.2, 0) is 9.53 Å². The summed E-state index contributed by atoms with van der Waals surface area (Å²) in [4.78, 5) is 12.0. The summed E-state index contributed by atoms with van der Waals surface area (Å²) in [6, 6.07) is 4.11. The van der Waals surface area contributed by atoms with Gasteiger partial charge in [0.05, 0.1) is 30.7 Å². The van der Waals surface area contributed by atoms with Gasteiger partial charge in [-0.3, -0.25) is 0 Å². The van der Waals surface area contributed by atoms with Gasteiger partial charge in [0.2, 0.25) is 0 Å². The fraction of sp³-hybridized carbons (Fsp3) is 0.235. The van der Waals surface area contributed by atoms with E-state index in [2.05, 4.69) is 10.4 Å². The lowest BCUT2D eigenvalue weighted by molar-refractivity contribution is -0.133. The Morgan fingerprint density at radius 3 is 2.93 bits per heavy atom. The number of nitrogens with one attached hydrogen (secondary N) is 1. The van der Waals surface area contributed by atoms with Crippen LogP contribution in [0.15, 0.2) is 35.7 Å². The van der Waals surface area contributed by atoms with Gasteiger partial charge in [-0.2, -0.15) is 10.4 Å². The molecule has 0 bridgehead atoms. The second-order valence-corrected chi connectivity index (χ2v) is 5.67. The molecule has 0 amide bonds. The molecule has 27 heavy (non-hydrogen) atoms. The van der Waals surface area contributed by atoms with Gasteiger partial charge in [0.1, 0.15) is 23.5 Å². The van der Waals surface area contributed by atoms with Crippen molar-refractivity contribution in [2.45, 2.75) is 6.04 Å². The summed E-state index contributed by atoms with van der Waals surface area (Å²) < 4.78 is 34.7. The first kappa shape index (κ1) is 18.5. The Morgan fingerprint density at radius 1 is 1.48 bits per heavy atom. The van der Waals surface area contributed by atoms with E-state index in [4.69, 9.17) is 10.5 Å². The molecule has 0 saturated carbocycles. The number of benzene rings is 1. The van der Waals surface area contributed by atoms with Crippen LogP contribution in [0.25, 0.3) is 0 Å². The molecule has 0 radical (unpaired) electrons. The van der Waals surface area contributed by atoms with Crippen molar-refractivity contribution in [3.05, 3.63) is 58.4 Å². The number of aromatic nitrogens is 2. The number of aliphatic carboxylic acids is 1. The fourth-order valence-electron chi connectivity index (χ4n) is 2.90. The van der Waals surface area contributed by atoms with E-state index >= 15 is 0 Å². The topological polar surface area (TPSA) is 126 Å². The van der Waals surface area contributed by atoms with Crippen molar-refractivity contribution in [3.63, 3.8) is 0 Å². The van der Waals surface area contributed by atoms with Crippen LogP contribution < -0.4 is 11.1 Å². The van der Waals surface area contributed by atoms with Crippen molar-refractivity contribution < 1.29 is 23.4 Å². The number of nitrogens with two attached hydrogens (primary N) is 1. The molecule has 0 saturated heterocycles. The van der Waals surface area contributed by atoms with Crippen LogP contribution >= 0.6 is 0 Å². The largest absolute Gasteiger partial charge is 0.478 e. The molecule has 1 unspecified atom stereocenters. The van der Waals surface area contributed by atoms with Gasteiger partial charge < -0.3 is 20.9 Å². The standard InChI is InChI=1S/C17H15F2N5O3/c18-11-3-1-2-10(14(11)19)15-13(17(25)26)12(8-27-5-4-20)23-16-9(6-21)7-22-24(15)16/h1-3,7,15,23H,4-5,8,20H2,(H,25,26). The Kier molecular flexibility index (Phi) is 5.16. The third kappa shape index (κ3) is 3.25. The summed E-state index contributed by atoms with van der Waals surface area (Å²) >= 11 is 0. The maximum absolute atomic E-state index is 14.5. The van der Waals surface area contributed by atoms with Crippen molar-refractivity contribution in [1.82, 2.24) is 9.78 Å². The zero-order valence-corrected chi connectivity index (χ0v) is 13.9. The Bertz CT molecular complexity index is 964. The average molecular weight is 375 g/mol. The molecular weight excluding hydrogens is 360 g/mol. The molecule has 2 heterocycles. The first-order chi connectivity index (χ1) is 13.0. The summed E-state index contributed by atoms with van der Waals surface area (Å²) in [5.74, 6) is -3.50. The summed E-state index contributed by atoms with van der Waals surface area (Å²) in [5.41, 5.74) is 5.11. The van der Waals surface area contributed by atoms with E-state index in [0.717, 1.165) is 10.7 Å². The highest BCUT2D eigenvalue weighted by Crippen LogP contribution is 2.38. The van der Waals surface area contributed by atoms with Crippen molar-refractivity contribution in [3.8, 4) is 6.07 Å². The number of rotatable bonds is 6. The fourth-order valence-corrected chi connectivity index (χ4v) is 2.90. The number of hydrogen-bond donors (Lipinski definition) is 3. The van der Waals surface area contributed by atoms with Crippen LogP contribution in [0.1, 0.15) is 17.2 Å². The van der Waals surface area contributed by atoms with Crippen molar-refractivity contribution >= 4 is 11.8 Å². The number of carboxylic acid groups (broad SMARTS) is 1. The van der Waals surface area contributed by atoms with Gasteiger partial charge in [0.15, 0.2) is 11.6 Å². The van der Waals surface area contributed by atoms with E-state index in [0.29, 0.717) is 0 Å². The van der Waals surface area contributed by atoms with Gasteiger partial charge in [-0.15, -0.1) is 0 Å². The Hall–Kier alpha value is -3.29. The summed E-state index contributed by atoms with van der Waals surface area (Å²) in [6.07, 6.45) is 1.22. The third-order valence-corrected chi connectivity index (χ3v) is 4.04. The zero-order chi connectivity index (χ0) is 19.6. The molecule has 1 aromatic heterocycles. The normalized spacial score (nSPS) is 15.9. The molecule has 0 spiro atoms. The van der Waals surface area contributed by atoms with Crippen molar-refractivity contribution in [2.24, 2.45) is 5.73 Å². The molecule has 2 aromatic rings. The number of fused-ring (bicyclic) bond motifs is 1. The first-order valence-corrected chi connectivity index (χ1v) is 7.92. The predicted molar refractivity (Wildman–Crippen MR) is 89.6 cm³/mol. The van der Waals surface area contributed by atoms with Crippen molar-refractivity contribution in [2.75, 3.05) is 25.1 Å². The Labute approximate surface area is 152 Å². The van der Waals surface area contributed by atoms with E-state index in [1.165, 1.54) is 18.3 Å². The van der Waals surface area contributed by atoms with Crippen LogP contribution in [0.5, 0.6) is 0 Å². The number of nitrogens with zero attached hydrogens (tertiary/aromatic N) is 3. The molecule has 4 N–H and O–H groups in total. The molecule has 0 aliphatic carbocycles. The molecule has 1 aromatic carbocycles. The molecule has 140 valence electrons. The Morgan fingerprint density at radius 2 is 2.26 bits per heavy atom. The average Bonchev–Trinajstić information content (AvgIpc) is 3.05. The minimum Gasteiger partial charge on any atom is -0.478 e. The molecule has 8 nitrogen and oxygen atoms in total. The highest BCUT2D eigenvalue weighted by Gasteiger charge is 2.37. The van der Waals surface area contributed by atoms with Crippen LogP contribution in [-0.4, -0.2) is 40.6 Å². The highest BCUT2D eigenvalue weighted by atomic mass is 19.2. The van der Waals surface area contributed by atoms with Gasteiger partial charge in [-0.1, -0.05) is 12.1 Å². The lowest BCUT2D eigenvalue weighted by Gasteiger charge is -2.29. The van der Waals surface area contributed by atoms with E-state index in [9.17, 15) is 23.9 Å². The second kappa shape index (κ2) is 7.53. The quantitative estimate of drug-likeness (QED) is 0.651. The number of ether oxygens (including phenoxy) is 1.